The minimum atomic E-state index is -1.39. The van der Waals surface area contributed by atoms with Crippen LogP contribution in [0.3, 0.4) is 0 Å². The summed E-state index contributed by atoms with van der Waals surface area (Å²) in [5.74, 6) is 0.489. The van der Waals surface area contributed by atoms with Crippen molar-refractivity contribution >= 4 is 29.5 Å². The Kier molecular flexibility index (Phi) is 22.0. The Hall–Kier alpha value is -3.36. The van der Waals surface area contributed by atoms with Crippen molar-refractivity contribution in [1.29, 1.82) is 0 Å². The van der Waals surface area contributed by atoms with Gasteiger partial charge in [0.1, 0.15) is 6.10 Å². The Morgan fingerprint density at radius 2 is 1.41 bits per heavy atom. The Bertz CT molecular complexity index is 1090. The van der Waals surface area contributed by atoms with E-state index in [1.54, 1.807) is 31.7 Å². The van der Waals surface area contributed by atoms with E-state index in [0.29, 0.717) is 6.54 Å². The lowest BCUT2D eigenvalue weighted by atomic mass is 9.87. The van der Waals surface area contributed by atoms with Crippen molar-refractivity contribution in [3.8, 4) is 0 Å². The van der Waals surface area contributed by atoms with Crippen LogP contribution in [0.15, 0.2) is 91.1 Å². The van der Waals surface area contributed by atoms with Crippen LogP contribution in [0.25, 0.3) is 0 Å². The predicted molar refractivity (Wildman–Crippen MR) is 183 cm³/mol. The van der Waals surface area contributed by atoms with E-state index in [0.717, 1.165) is 43.6 Å². The molecule has 0 bridgehead atoms. The third-order valence-electron chi connectivity index (χ3n) is 6.37. The second-order valence-electron chi connectivity index (χ2n) is 10.9. The molecule has 0 spiro atoms. The second kappa shape index (κ2) is 25.0. The highest BCUT2D eigenvalue weighted by molar-refractivity contribution is 7.98. The molecular formula is C36H52N2O5S. The highest BCUT2D eigenvalue weighted by Gasteiger charge is 2.34. The molecule has 1 atom stereocenters. The number of amides is 2. The molecular weight excluding hydrogens is 572 g/mol. The zero-order valence-electron chi connectivity index (χ0n) is 26.7. The smallest absolute Gasteiger partial charge is 0.309 e. The summed E-state index contributed by atoms with van der Waals surface area (Å²) in [7, 11) is 0. The number of benzene rings is 1. The molecule has 1 rings (SSSR count). The number of thioether (sulfide) groups is 1. The van der Waals surface area contributed by atoms with Crippen molar-refractivity contribution in [2.24, 2.45) is 5.41 Å². The van der Waals surface area contributed by atoms with Gasteiger partial charge >= 0.3 is 5.97 Å². The normalized spacial score (nSPS) is 13.0. The van der Waals surface area contributed by atoms with Crippen LogP contribution in [-0.4, -0.2) is 54.4 Å². The van der Waals surface area contributed by atoms with Crippen LogP contribution >= 0.6 is 11.8 Å². The van der Waals surface area contributed by atoms with Crippen molar-refractivity contribution in [1.82, 2.24) is 10.6 Å². The summed E-state index contributed by atoms with van der Waals surface area (Å²) in [6.45, 7) is 5.99. The molecule has 0 radical (unpaired) electrons. The van der Waals surface area contributed by atoms with E-state index in [1.807, 2.05) is 30.4 Å². The van der Waals surface area contributed by atoms with Crippen LogP contribution in [0.2, 0.25) is 0 Å². The molecule has 1 aromatic rings. The van der Waals surface area contributed by atoms with Gasteiger partial charge in [0.2, 0.25) is 11.8 Å². The Morgan fingerprint density at radius 1 is 0.841 bits per heavy atom. The minimum Gasteiger partial charge on any atom is -0.465 e. The molecule has 0 saturated carbocycles. The third-order valence-corrected chi connectivity index (χ3v) is 7.40. The maximum atomic E-state index is 12.4. The Balaban J connectivity index is 2.14. The summed E-state index contributed by atoms with van der Waals surface area (Å²) in [5.41, 5.74) is 0.257. The number of carbonyl (C=O) groups is 3. The highest BCUT2D eigenvalue weighted by atomic mass is 32.2. The average molecular weight is 625 g/mol. The fraction of sp³-hybridized carbons (Fsp3) is 0.472. The molecule has 0 unspecified atom stereocenters. The molecule has 0 aliphatic carbocycles. The van der Waals surface area contributed by atoms with Gasteiger partial charge in [-0.25, -0.2) is 0 Å². The summed E-state index contributed by atoms with van der Waals surface area (Å²) in [6, 6.07) is 10.1. The molecule has 0 heterocycles. The topological polar surface area (TPSA) is 105 Å². The van der Waals surface area contributed by atoms with Gasteiger partial charge in [-0.1, -0.05) is 112 Å². The standard InChI is InChI=1S/C36H52N2O5S/c1-4-5-6-7-8-9-10-11-12-13-14-15-16-17-21-24-33(40)43-30-36(2,3)34(41)35(42)38-26-25-32(39)37-27-28-44-29-31-22-19-18-20-23-31/h5-6,8-9,11-12,14-15,17-23,34,41H,4,7,10,13,16,24-30H2,1-3H3,(H,37,39)(H,38,42)/b6-5-,9-8-,12-11-,15-14-,21-17-/t34-/m0/s1. The van der Waals surface area contributed by atoms with Crippen LogP contribution in [0.4, 0.5) is 0 Å². The molecule has 2 amide bonds. The number of nitrogens with one attached hydrogen (secondary N) is 2. The SMILES string of the molecule is CC/C=C\C/C=C\C/C=C\C/C=C\C/C=C\CC(=O)OCC(C)(C)[C@@H](O)C(=O)NCCC(=O)NCCSCc1ccccc1. The summed E-state index contributed by atoms with van der Waals surface area (Å²) in [6.07, 6.45) is 24.2. The maximum absolute atomic E-state index is 12.4. The fourth-order valence-electron chi connectivity index (χ4n) is 3.70. The van der Waals surface area contributed by atoms with Crippen LogP contribution in [0.5, 0.6) is 0 Å². The molecule has 0 aliphatic rings. The Morgan fingerprint density at radius 3 is 2.00 bits per heavy atom. The van der Waals surface area contributed by atoms with Crippen molar-refractivity contribution < 1.29 is 24.2 Å². The number of ether oxygens (including phenoxy) is 1. The lowest BCUT2D eigenvalue weighted by molar-refractivity contribution is -0.152. The van der Waals surface area contributed by atoms with Crippen molar-refractivity contribution in [3.63, 3.8) is 0 Å². The highest BCUT2D eigenvalue weighted by Crippen LogP contribution is 2.21. The molecule has 3 N–H and O–H groups in total. The first-order chi connectivity index (χ1) is 21.3. The molecule has 1 aromatic carbocycles. The maximum Gasteiger partial charge on any atom is 0.309 e. The first kappa shape index (κ1) is 38.7. The van der Waals surface area contributed by atoms with E-state index < -0.39 is 23.4 Å². The van der Waals surface area contributed by atoms with Gasteiger partial charge in [-0.05, 0) is 37.7 Å². The molecule has 8 heteroatoms. The monoisotopic (exact) mass is 624 g/mol. The molecule has 0 aromatic heterocycles. The molecule has 0 saturated heterocycles. The summed E-state index contributed by atoms with van der Waals surface area (Å²) < 4.78 is 5.30. The number of hydrogen-bond donors (Lipinski definition) is 3. The number of allylic oxidation sites excluding steroid dienone is 9. The van der Waals surface area contributed by atoms with Gasteiger partial charge in [-0.2, -0.15) is 11.8 Å². The molecule has 0 aliphatic heterocycles. The first-order valence-corrected chi connectivity index (χ1v) is 16.7. The summed E-state index contributed by atoms with van der Waals surface area (Å²) in [4.78, 5) is 36.6. The summed E-state index contributed by atoms with van der Waals surface area (Å²) in [5, 5.41) is 15.9. The molecule has 0 fully saturated rings. The molecule has 242 valence electrons. The number of hydrogen-bond acceptors (Lipinski definition) is 6. The second-order valence-corrected chi connectivity index (χ2v) is 12.0. The average Bonchev–Trinajstić information content (AvgIpc) is 3.01. The largest absolute Gasteiger partial charge is 0.465 e. The van der Waals surface area contributed by atoms with Gasteiger partial charge in [0.05, 0.1) is 13.0 Å². The van der Waals surface area contributed by atoms with E-state index in [-0.39, 0.29) is 31.9 Å². The minimum absolute atomic E-state index is 0.105. The predicted octanol–water partition coefficient (Wildman–Crippen LogP) is 6.61. The van der Waals surface area contributed by atoms with Gasteiger partial charge in [-0.3, -0.25) is 14.4 Å². The lowest BCUT2D eigenvalue weighted by Crippen LogP contribution is -2.47. The van der Waals surface area contributed by atoms with Crippen LogP contribution in [-0.2, 0) is 24.9 Å². The van der Waals surface area contributed by atoms with Gasteiger partial charge in [0, 0.05) is 36.4 Å². The zero-order chi connectivity index (χ0) is 32.3. The van der Waals surface area contributed by atoms with Crippen LogP contribution in [0.1, 0.15) is 71.3 Å². The van der Waals surface area contributed by atoms with E-state index in [4.69, 9.17) is 4.74 Å². The summed E-state index contributed by atoms with van der Waals surface area (Å²) >= 11 is 1.74. The van der Waals surface area contributed by atoms with E-state index >= 15 is 0 Å². The van der Waals surface area contributed by atoms with Crippen LogP contribution < -0.4 is 10.6 Å². The van der Waals surface area contributed by atoms with E-state index in [2.05, 4.69) is 72.2 Å². The Labute approximate surface area is 269 Å². The number of esters is 1. The third kappa shape index (κ3) is 20.5. The number of rotatable bonds is 23. The quantitative estimate of drug-likeness (QED) is 0.0719. The fourth-order valence-corrected chi connectivity index (χ4v) is 4.52. The lowest BCUT2D eigenvalue weighted by Gasteiger charge is -2.28. The number of carbonyl (C=O) groups excluding carboxylic acids is 3. The number of aliphatic hydroxyl groups excluding tert-OH is 1. The van der Waals surface area contributed by atoms with Crippen molar-refractivity contribution in [2.75, 3.05) is 25.4 Å². The molecule has 44 heavy (non-hydrogen) atoms. The van der Waals surface area contributed by atoms with Crippen LogP contribution in [0, 0.1) is 5.41 Å². The van der Waals surface area contributed by atoms with E-state index in [9.17, 15) is 19.5 Å². The van der Waals surface area contributed by atoms with Gasteiger partial charge in [0.15, 0.2) is 0 Å². The first-order valence-electron chi connectivity index (χ1n) is 15.5. The van der Waals surface area contributed by atoms with Gasteiger partial charge < -0.3 is 20.5 Å². The van der Waals surface area contributed by atoms with Crippen molar-refractivity contribution in [3.05, 3.63) is 96.7 Å². The van der Waals surface area contributed by atoms with Crippen molar-refractivity contribution in [2.45, 2.75) is 77.6 Å². The van der Waals surface area contributed by atoms with Gasteiger partial charge in [-0.15, -0.1) is 0 Å². The van der Waals surface area contributed by atoms with E-state index in [1.165, 1.54) is 5.56 Å². The molecule has 7 nitrogen and oxygen atoms in total. The zero-order valence-corrected chi connectivity index (χ0v) is 27.5. The van der Waals surface area contributed by atoms with Gasteiger partial charge in [0.25, 0.3) is 0 Å². The number of aliphatic hydroxyl groups is 1.